The average molecular weight is 1140 g/mol. The van der Waals surface area contributed by atoms with E-state index in [0.29, 0.717) is 19.3 Å². The third kappa shape index (κ3) is 67.4. The molecule has 0 aliphatic carbocycles. The average Bonchev–Trinajstić information content (AvgIpc) is 3.47. The molecule has 0 N–H and O–H groups in total. The molecule has 0 spiro atoms. The van der Waals surface area contributed by atoms with E-state index in [-0.39, 0.29) is 37.5 Å². The first-order valence-corrected chi connectivity index (χ1v) is 35.6. The maximum Gasteiger partial charge on any atom is 0.306 e. The Labute approximate surface area is 509 Å². The van der Waals surface area contributed by atoms with Crippen LogP contribution in [-0.2, 0) is 28.6 Å². The highest BCUT2D eigenvalue weighted by Gasteiger charge is 2.19. The predicted octanol–water partition coefficient (Wildman–Crippen LogP) is 24.6. The second-order valence-corrected chi connectivity index (χ2v) is 23.8. The Balaban J connectivity index is 4.13. The topological polar surface area (TPSA) is 78.9 Å². The molecule has 82 heavy (non-hydrogen) atoms. The van der Waals surface area contributed by atoms with Crippen LogP contribution in [0.1, 0.15) is 361 Å². The summed E-state index contributed by atoms with van der Waals surface area (Å²) in [6.07, 6.45) is 93.7. The molecule has 474 valence electrons. The summed E-state index contributed by atoms with van der Waals surface area (Å²) < 4.78 is 16.9. The molecule has 0 aromatic rings. The third-order valence-corrected chi connectivity index (χ3v) is 15.6. The first kappa shape index (κ1) is 78.6. The van der Waals surface area contributed by atoms with Gasteiger partial charge < -0.3 is 14.2 Å². The van der Waals surface area contributed by atoms with Crippen LogP contribution in [0, 0.1) is 0 Å². The van der Waals surface area contributed by atoms with Crippen LogP contribution in [0.15, 0.2) is 85.1 Å². The van der Waals surface area contributed by atoms with Gasteiger partial charge in [0.2, 0.25) is 0 Å². The molecule has 0 radical (unpaired) electrons. The molecule has 0 aliphatic heterocycles. The van der Waals surface area contributed by atoms with E-state index >= 15 is 0 Å². The summed E-state index contributed by atoms with van der Waals surface area (Å²) in [4.78, 5) is 38.3. The highest BCUT2D eigenvalue weighted by molar-refractivity contribution is 5.71. The van der Waals surface area contributed by atoms with Gasteiger partial charge >= 0.3 is 17.9 Å². The molecule has 6 nitrogen and oxygen atoms in total. The zero-order valence-electron chi connectivity index (χ0n) is 54.5. The van der Waals surface area contributed by atoms with E-state index in [1.165, 1.54) is 205 Å². The predicted molar refractivity (Wildman–Crippen MR) is 358 cm³/mol. The van der Waals surface area contributed by atoms with Gasteiger partial charge in [-0.15, -0.1) is 0 Å². The van der Waals surface area contributed by atoms with E-state index in [4.69, 9.17) is 14.2 Å². The van der Waals surface area contributed by atoms with Crippen molar-refractivity contribution in [2.75, 3.05) is 13.2 Å². The van der Waals surface area contributed by atoms with E-state index in [0.717, 1.165) is 109 Å². The van der Waals surface area contributed by atoms with Gasteiger partial charge in [0.15, 0.2) is 6.10 Å². The number of esters is 3. The number of hydrogen-bond acceptors (Lipinski definition) is 6. The lowest BCUT2D eigenvalue weighted by Gasteiger charge is -2.18. The number of rotatable bonds is 65. The van der Waals surface area contributed by atoms with Crippen molar-refractivity contribution in [3.8, 4) is 0 Å². The van der Waals surface area contributed by atoms with Crippen molar-refractivity contribution in [2.45, 2.75) is 367 Å². The van der Waals surface area contributed by atoms with Gasteiger partial charge in [-0.2, -0.15) is 0 Å². The van der Waals surface area contributed by atoms with E-state index in [1.54, 1.807) is 0 Å². The minimum atomic E-state index is -0.803. The van der Waals surface area contributed by atoms with E-state index in [2.05, 4.69) is 106 Å². The van der Waals surface area contributed by atoms with E-state index in [1.807, 2.05) is 0 Å². The zero-order chi connectivity index (χ0) is 59.2. The van der Waals surface area contributed by atoms with Crippen LogP contribution in [0.4, 0.5) is 0 Å². The maximum atomic E-state index is 12.9. The van der Waals surface area contributed by atoms with Gasteiger partial charge in [0.05, 0.1) is 0 Å². The number of ether oxygens (including phenoxy) is 3. The van der Waals surface area contributed by atoms with E-state index in [9.17, 15) is 14.4 Å². The summed E-state index contributed by atoms with van der Waals surface area (Å²) >= 11 is 0. The fourth-order valence-corrected chi connectivity index (χ4v) is 10.3. The van der Waals surface area contributed by atoms with Crippen LogP contribution in [0.2, 0.25) is 0 Å². The second kappa shape index (κ2) is 70.1. The number of carbonyl (C=O) groups is 3. The molecule has 0 saturated carbocycles. The first-order chi connectivity index (χ1) is 40.5. The number of unbranched alkanes of at least 4 members (excludes halogenated alkanes) is 40. The molecule has 0 fully saturated rings. The summed E-state index contributed by atoms with van der Waals surface area (Å²) in [7, 11) is 0. The summed E-state index contributed by atoms with van der Waals surface area (Å²) in [5.41, 5.74) is 0. The van der Waals surface area contributed by atoms with Gasteiger partial charge in [0.25, 0.3) is 0 Å². The quantitative estimate of drug-likeness (QED) is 0.0261. The maximum absolute atomic E-state index is 12.9. The zero-order valence-corrected chi connectivity index (χ0v) is 54.5. The van der Waals surface area contributed by atoms with Crippen LogP contribution < -0.4 is 0 Å². The van der Waals surface area contributed by atoms with Gasteiger partial charge in [-0.1, -0.05) is 337 Å². The van der Waals surface area contributed by atoms with Crippen LogP contribution >= 0.6 is 0 Å². The summed E-state index contributed by atoms with van der Waals surface area (Å²) in [5, 5.41) is 0. The van der Waals surface area contributed by atoms with Crippen molar-refractivity contribution in [3.05, 3.63) is 85.1 Å². The Morgan fingerprint density at radius 2 is 0.500 bits per heavy atom. The molecule has 0 rings (SSSR count). The lowest BCUT2D eigenvalue weighted by molar-refractivity contribution is -0.167. The molecule has 0 amide bonds. The Hall–Kier alpha value is -3.41. The van der Waals surface area contributed by atoms with Crippen molar-refractivity contribution >= 4 is 17.9 Å². The second-order valence-electron chi connectivity index (χ2n) is 23.8. The fourth-order valence-electron chi connectivity index (χ4n) is 10.3. The van der Waals surface area contributed by atoms with Crippen LogP contribution in [0.25, 0.3) is 0 Å². The normalized spacial score (nSPS) is 12.6. The molecule has 0 aliphatic rings. The summed E-state index contributed by atoms with van der Waals surface area (Å²) in [5.74, 6) is -0.936. The highest BCUT2D eigenvalue weighted by Crippen LogP contribution is 2.18. The molecule has 0 aromatic carbocycles. The number of carbonyl (C=O) groups excluding carboxylic acids is 3. The van der Waals surface area contributed by atoms with Crippen molar-refractivity contribution in [1.29, 1.82) is 0 Å². The molecule has 0 aromatic heterocycles. The van der Waals surface area contributed by atoms with Gasteiger partial charge in [-0.05, 0) is 89.9 Å². The van der Waals surface area contributed by atoms with Crippen LogP contribution in [0.3, 0.4) is 0 Å². The van der Waals surface area contributed by atoms with Crippen LogP contribution in [-0.4, -0.2) is 37.2 Å². The molecule has 0 saturated heterocycles. The Kier molecular flexibility index (Phi) is 67.2. The van der Waals surface area contributed by atoms with E-state index < -0.39 is 6.10 Å². The Morgan fingerprint density at radius 3 is 0.829 bits per heavy atom. The SMILES string of the molecule is CC/C=C\C/C=C\C/C=C\C/C=C\C/C=C\C/C=C\CCCCC(=O)OC(COC(=O)CCCCCCC/C=C\CCC)COC(=O)CCCCCCCCCCCCCCCCCCCCCCCCCCCCCCCCCCC. The lowest BCUT2D eigenvalue weighted by Crippen LogP contribution is -2.30. The third-order valence-electron chi connectivity index (χ3n) is 15.6. The minimum absolute atomic E-state index is 0.0945. The van der Waals surface area contributed by atoms with Gasteiger partial charge in [-0.3, -0.25) is 14.4 Å². The van der Waals surface area contributed by atoms with Crippen LogP contribution in [0.5, 0.6) is 0 Å². The molecular formula is C76H134O6. The number of hydrogen-bond donors (Lipinski definition) is 0. The summed E-state index contributed by atoms with van der Waals surface area (Å²) in [6.45, 7) is 6.46. The van der Waals surface area contributed by atoms with Gasteiger partial charge in [-0.25, -0.2) is 0 Å². The standard InChI is InChI=1S/C76H134O6/c1-4-7-10-13-16-19-22-24-26-28-30-32-33-34-35-36-37-38-39-40-41-42-43-45-46-48-50-52-54-57-60-63-66-69-75(78)81-72-73(71-80-74(77)68-65-62-59-56-21-18-15-12-9-6-3)82-76(79)70-67-64-61-58-55-53-51-49-47-44-31-29-27-25-23-20-17-14-11-8-5-2/h8,11-12,15,17,20,25,27,31,44,49,51,55,58,73H,4-7,9-10,13-14,16,18-19,21-24,26,28-30,32-43,45-48,50,52-54,56-57,59-72H2,1-3H3/b11-8-,15-12-,20-17-,27-25-,44-31-,51-49-,58-55-. The van der Waals surface area contributed by atoms with Crippen molar-refractivity contribution < 1.29 is 28.6 Å². The Bertz CT molecular complexity index is 1550. The van der Waals surface area contributed by atoms with Crippen molar-refractivity contribution in [3.63, 3.8) is 0 Å². The number of allylic oxidation sites excluding steroid dienone is 14. The molecular weight excluding hydrogens is 1010 g/mol. The molecule has 1 unspecified atom stereocenters. The minimum Gasteiger partial charge on any atom is -0.462 e. The van der Waals surface area contributed by atoms with Crippen molar-refractivity contribution in [2.24, 2.45) is 0 Å². The fraction of sp³-hybridized carbons (Fsp3) is 0.776. The largest absolute Gasteiger partial charge is 0.462 e. The smallest absolute Gasteiger partial charge is 0.306 e. The molecule has 1 atom stereocenters. The van der Waals surface area contributed by atoms with Gasteiger partial charge in [0.1, 0.15) is 13.2 Å². The lowest BCUT2D eigenvalue weighted by atomic mass is 10.0. The summed E-state index contributed by atoms with van der Waals surface area (Å²) in [6, 6.07) is 0. The monoisotopic (exact) mass is 1140 g/mol. The highest BCUT2D eigenvalue weighted by atomic mass is 16.6. The van der Waals surface area contributed by atoms with Crippen molar-refractivity contribution in [1.82, 2.24) is 0 Å². The van der Waals surface area contributed by atoms with Gasteiger partial charge in [0, 0.05) is 19.3 Å². The molecule has 0 bridgehead atoms. The first-order valence-electron chi connectivity index (χ1n) is 35.6. The molecule has 6 heteroatoms. The Morgan fingerprint density at radius 1 is 0.256 bits per heavy atom. The molecule has 0 heterocycles.